The molecular weight excluding hydrogens is 371 g/mol. The van der Waals surface area contributed by atoms with E-state index in [0.717, 1.165) is 45.3 Å². The van der Waals surface area contributed by atoms with Crippen molar-refractivity contribution in [1.82, 2.24) is 15.1 Å². The van der Waals surface area contributed by atoms with E-state index < -0.39 is 0 Å². The molecule has 0 spiro atoms. The molecule has 1 N–H and O–H groups in total. The molecule has 1 amide bonds. The van der Waals surface area contributed by atoms with Crippen molar-refractivity contribution in [1.29, 1.82) is 0 Å². The van der Waals surface area contributed by atoms with Crippen LogP contribution in [0.25, 0.3) is 0 Å². The molecule has 0 unspecified atom stereocenters. The van der Waals surface area contributed by atoms with Crippen LogP contribution in [-0.4, -0.2) is 74.1 Å². The third-order valence-electron chi connectivity index (χ3n) is 3.06. The highest BCUT2D eigenvalue weighted by atomic mass is 127. The van der Waals surface area contributed by atoms with Crippen LogP contribution in [0.5, 0.6) is 0 Å². The molecule has 0 aliphatic carbocycles. The summed E-state index contributed by atoms with van der Waals surface area (Å²) in [5.74, 6) is 1.07. The summed E-state index contributed by atoms with van der Waals surface area (Å²) in [6.45, 7) is 11.8. The molecule has 6 nitrogen and oxygen atoms in total. The van der Waals surface area contributed by atoms with Crippen LogP contribution >= 0.6 is 24.0 Å². The highest BCUT2D eigenvalue weighted by Crippen LogP contribution is 2.02. The largest absolute Gasteiger partial charge is 0.380 e. The van der Waals surface area contributed by atoms with Crippen molar-refractivity contribution in [3.05, 3.63) is 0 Å². The van der Waals surface area contributed by atoms with Crippen LogP contribution in [0.3, 0.4) is 0 Å². The van der Waals surface area contributed by atoms with Crippen molar-refractivity contribution >= 4 is 35.8 Å². The van der Waals surface area contributed by atoms with Gasteiger partial charge in [-0.1, -0.05) is 0 Å². The molecule has 0 aromatic rings. The van der Waals surface area contributed by atoms with Gasteiger partial charge in [0.2, 0.25) is 5.91 Å². The molecule has 0 saturated carbocycles. The van der Waals surface area contributed by atoms with Gasteiger partial charge in [-0.05, 0) is 13.8 Å². The third-order valence-corrected chi connectivity index (χ3v) is 3.06. The fourth-order valence-electron chi connectivity index (χ4n) is 2.02. The average Bonchev–Trinajstić information content (AvgIpc) is 2.42. The molecule has 0 radical (unpaired) electrons. The van der Waals surface area contributed by atoms with Crippen molar-refractivity contribution in [2.75, 3.05) is 52.5 Å². The maximum atomic E-state index is 11.3. The first-order valence-corrected chi connectivity index (χ1v) is 7.05. The molecule has 1 fully saturated rings. The van der Waals surface area contributed by atoms with Gasteiger partial charge in [-0.3, -0.25) is 9.79 Å². The van der Waals surface area contributed by atoms with Crippen LogP contribution in [0.15, 0.2) is 4.99 Å². The summed E-state index contributed by atoms with van der Waals surface area (Å²) < 4.78 is 5.29. The SMILES string of the molecule is CCNC(=NCCOCC)N1CCN(C(C)=O)CC1.I. The summed E-state index contributed by atoms with van der Waals surface area (Å²) in [6, 6.07) is 0. The summed E-state index contributed by atoms with van der Waals surface area (Å²) in [6.07, 6.45) is 0. The highest BCUT2D eigenvalue weighted by molar-refractivity contribution is 14.0. The summed E-state index contributed by atoms with van der Waals surface area (Å²) in [7, 11) is 0. The fraction of sp³-hybridized carbons (Fsp3) is 0.846. The Morgan fingerprint density at radius 3 is 2.30 bits per heavy atom. The number of carbonyl (C=O) groups is 1. The van der Waals surface area contributed by atoms with E-state index in [9.17, 15) is 4.79 Å². The van der Waals surface area contributed by atoms with Crippen molar-refractivity contribution < 1.29 is 9.53 Å². The lowest BCUT2D eigenvalue weighted by atomic mass is 10.3. The zero-order valence-corrected chi connectivity index (χ0v) is 15.1. The lowest BCUT2D eigenvalue weighted by Crippen LogP contribution is -2.53. The molecule has 7 heteroatoms. The Hall–Kier alpha value is -0.570. The predicted octanol–water partition coefficient (Wildman–Crippen LogP) is 0.770. The predicted molar refractivity (Wildman–Crippen MR) is 91.7 cm³/mol. The zero-order chi connectivity index (χ0) is 14.1. The fourth-order valence-corrected chi connectivity index (χ4v) is 2.02. The number of aliphatic imine (C=N–C) groups is 1. The van der Waals surface area contributed by atoms with E-state index in [1.54, 1.807) is 6.92 Å². The Bertz CT molecular complexity index is 305. The molecule has 1 rings (SSSR count). The Morgan fingerprint density at radius 1 is 1.20 bits per heavy atom. The minimum atomic E-state index is 0. The Balaban J connectivity index is 0.00000361. The van der Waals surface area contributed by atoms with Crippen molar-refractivity contribution in [3.8, 4) is 0 Å². The topological polar surface area (TPSA) is 57.2 Å². The van der Waals surface area contributed by atoms with E-state index in [2.05, 4.69) is 22.1 Å². The van der Waals surface area contributed by atoms with Gasteiger partial charge in [-0.15, -0.1) is 24.0 Å². The lowest BCUT2D eigenvalue weighted by molar-refractivity contribution is -0.130. The van der Waals surface area contributed by atoms with Crippen molar-refractivity contribution in [2.45, 2.75) is 20.8 Å². The molecule has 1 aliphatic heterocycles. The number of amides is 1. The summed E-state index contributed by atoms with van der Waals surface area (Å²) >= 11 is 0. The van der Waals surface area contributed by atoms with Gasteiger partial charge in [-0.25, -0.2) is 0 Å². The van der Waals surface area contributed by atoms with E-state index in [1.807, 2.05) is 11.8 Å². The van der Waals surface area contributed by atoms with Gasteiger partial charge < -0.3 is 19.9 Å². The average molecular weight is 398 g/mol. The monoisotopic (exact) mass is 398 g/mol. The van der Waals surface area contributed by atoms with Crippen LogP contribution in [0.4, 0.5) is 0 Å². The molecule has 118 valence electrons. The first-order chi connectivity index (χ1) is 9.19. The van der Waals surface area contributed by atoms with Crippen molar-refractivity contribution in [2.24, 2.45) is 4.99 Å². The number of piperazine rings is 1. The Morgan fingerprint density at radius 2 is 1.80 bits per heavy atom. The first-order valence-electron chi connectivity index (χ1n) is 7.05. The van der Waals surface area contributed by atoms with Crippen molar-refractivity contribution in [3.63, 3.8) is 0 Å². The van der Waals surface area contributed by atoms with Crippen LogP contribution < -0.4 is 5.32 Å². The van der Waals surface area contributed by atoms with Gasteiger partial charge >= 0.3 is 0 Å². The Kier molecular flexibility index (Phi) is 10.8. The van der Waals surface area contributed by atoms with Crippen LogP contribution in [0, 0.1) is 0 Å². The molecular formula is C13H27IN4O2. The number of halogens is 1. The number of hydrogen-bond donors (Lipinski definition) is 1. The number of hydrogen-bond acceptors (Lipinski definition) is 3. The molecule has 0 atom stereocenters. The molecule has 0 bridgehead atoms. The minimum absolute atomic E-state index is 0. The normalized spacial score (nSPS) is 15.8. The molecule has 1 saturated heterocycles. The van der Waals surface area contributed by atoms with Gasteiger partial charge in [0.1, 0.15) is 0 Å². The van der Waals surface area contributed by atoms with E-state index in [4.69, 9.17) is 4.74 Å². The number of nitrogens with zero attached hydrogens (tertiary/aromatic N) is 3. The van der Waals surface area contributed by atoms with Gasteiger partial charge in [-0.2, -0.15) is 0 Å². The number of rotatable bonds is 5. The molecule has 20 heavy (non-hydrogen) atoms. The van der Waals surface area contributed by atoms with Gasteiger partial charge in [0.05, 0.1) is 13.2 Å². The van der Waals surface area contributed by atoms with Gasteiger partial charge in [0.15, 0.2) is 5.96 Å². The second-order valence-electron chi connectivity index (χ2n) is 4.43. The van der Waals surface area contributed by atoms with Gasteiger partial charge in [0, 0.05) is 46.3 Å². The number of guanidine groups is 1. The molecule has 1 aliphatic rings. The summed E-state index contributed by atoms with van der Waals surface area (Å²) in [4.78, 5) is 19.9. The van der Waals surface area contributed by atoms with Crippen LogP contribution in [0.2, 0.25) is 0 Å². The van der Waals surface area contributed by atoms with E-state index in [-0.39, 0.29) is 29.9 Å². The van der Waals surface area contributed by atoms with E-state index >= 15 is 0 Å². The number of nitrogens with one attached hydrogen (secondary N) is 1. The second kappa shape index (κ2) is 11.1. The third kappa shape index (κ3) is 6.74. The summed E-state index contributed by atoms with van der Waals surface area (Å²) in [5.41, 5.74) is 0. The Labute approximate surface area is 138 Å². The van der Waals surface area contributed by atoms with E-state index in [0.29, 0.717) is 13.2 Å². The second-order valence-corrected chi connectivity index (χ2v) is 4.43. The van der Waals surface area contributed by atoms with Crippen LogP contribution in [-0.2, 0) is 9.53 Å². The number of ether oxygens (including phenoxy) is 1. The maximum Gasteiger partial charge on any atom is 0.219 e. The first kappa shape index (κ1) is 19.4. The maximum absolute atomic E-state index is 11.3. The molecule has 0 aromatic heterocycles. The quantitative estimate of drug-likeness (QED) is 0.322. The van der Waals surface area contributed by atoms with Gasteiger partial charge in [0.25, 0.3) is 0 Å². The zero-order valence-electron chi connectivity index (χ0n) is 12.7. The molecule has 0 aromatic carbocycles. The molecule has 1 heterocycles. The summed E-state index contributed by atoms with van der Waals surface area (Å²) in [5, 5.41) is 3.29. The van der Waals surface area contributed by atoms with Crippen LogP contribution in [0.1, 0.15) is 20.8 Å². The standard InChI is InChI=1S/C13H26N4O2.HI/c1-4-14-13(15-6-11-19-5-2)17-9-7-16(8-10-17)12(3)18;/h4-11H2,1-3H3,(H,14,15);1H. The lowest BCUT2D eigenvalue weighted by Gasteiger charge is -2.36. The highest BCUT2D eigenvalue weighted by Gasteiger charge is 2.20. The van der Waals surface area contributed by atoms with E-state index in [1.165, 1.54) is 0 Å². The minimum Gasteiger partial charge on any atom is -0.380 e. The number of carbonyl (C=O) groups excluding carboxylic acids is 1. The smallest absolute Gasteiger partial charge is 0.219 e.